The highest BCUT2D eigenvalue weighted by atomic mass is 16.6. The number of hydrogen-bond acceptors (Lipinski definition) is 6. The summed E-state index contributed by atoms with van der Waals surface area (Å²) in [5, 5.41) is 0. The molecule has 0 aliphatic carbocycles. The van der Waals surface area contributed by atoms with Crippen molar-refractivity contribution in [1.29, 1.82) is 0 Å². The smallest absolute Gasteiger partial charge is 0.306 e. The molecular formula is C77H130O6. The van der Waals surface area contributed by atoms with Gasteiger partial charge in [-0.25, -0.2) is 0 Å². The fourth-order valence-corrected chi connectivity index (χ4v) is 9.68. The minimum atomic E-state index is -0.795. The highest BCUT2D eigenvalue weighted by Gasteiger charge is 2.19. The zero-order valence-electron chi connectivity index (χ0n) is 54.4. The fourth-order valence-electron chi connectivity index (χ4n) is 9.68. The van der Waals surface area contributed by atoms with Crippen LogP contribution in [0.1, 0.15) is 329 Å². The van der Waals surface area contributed by atoms with Crippen LogP contribution in [0.3, 0.4) is 0 Å². The van der Waals surface area contributed by atoms with Crippen molar-refractivity contribution in [2.45, 2.75) is 335 Å². The van der Waals surface area contributed by atoms with Crippen LogP contribution in [0.25, 0.3) is 0 Å². The first kappa shape index (κ1) is 78.8. The first-order valence-electron chi connectivity index (χ1n) is 35.0. The van der Waals surface area contributed by atoms with E-state index in [9.17, 15) is 14.4 Å². The zero-order valence-corrected chi connectivity index (χ0v) is 54.4. The van der Waals surface area contributed by atoms with E-state index in [1.807, 2.05) is 0 Å². The molecule has 1 unspecified atom stereocenters. The molecule has 474 valence electrons. The number of ether oxygens (including phenoxy) is 3. The van der Waals surface area contributed by atoms with E-state index in [2.05, 4.69) is 142 Å². The maximum atomic E-state index is 13.0. The topological polar surface area (TPSA) is 78.9 Å². The van der Waals surface area contributed by atoms with Crippen LogP contribution >= 0.6 is 0 Å². The van der Waals surface area contributed by atoms with Crippen molar-refractivity contribution in [3.8, 4) is 0 Å². The molecule has 0 rings (SSSR count). The SMILES string of the molecule is CC/C=C\C/C=C\C/C=C\C/C=C\C/C=C\C/C=C\CCCCCCCCCCCCC(=O)OCC(COC(=O)CCCCCCC/C=C\CCCCCCCC)OC(=O)CCCCCCCC/C=C\C/C=C\C/C=C\CCCCCCC. The van der Waals surface area contributed by atoms with Crippen LogP contribution in [0.2, 0.25) is 0 Å². The van der Waals surface area contributed by atoms with Gasteiger partial charge in [0.25, 0.3) is 0 Å². The summed E-state index contributed by atoms with van der Waals surface area (Å²) >= 11 is 0. The Morgan fingerprint density at radius 3 is 0.747 bits per heavy atom. The average molecular weight is 1150 g/mol. The van der Waals surface area contributed by atoms with Crippen molar-refractivity contribution >= 4 is 17.9 Å². The van der Waals surface area contributed by atoms with Gasteiger partial charge >= 0.3 is 17.9 Å². The molecule has 0 aromatic heterocycles. The predicted molar refractivity (Wildman–Crippen MR) is 362 cm³/mol. The van der Waals surface area contributed by atoms with E-state index < -0.39 is 6.10 Å². The van der Waals surface area contributed by atoms with Gasteiger partial charge < -0.3 is 14.2 Å². The van der Waals surface area contributed by atoms with E-state index in [0.717, 1.165) is 128 Å². The second-order valence-corrected chi connectivity index (χ2v) is 23.1. The lowest BCUT2D eigenvalue weighted by molar-refractivity contribution is -0.167. The maximum Gasteiger partial charge on any atom is 0.306 e. The Balaban J connectivity index is 4.37. The molecule has 83 heavy (non-hydrogen) atoms. The van der Waals surface area contributed by atoms with Gasteiger partial charge in [0.1, 0.15) is 13.2 Å². The van der Waals surface area contributed by atoms with Gasteiger partial charge in [0.2, 0.25) is 0 Å². The highest BCUT2D eigenvalue weighted by molar-refractivity contribution is 5.71. The lowest BCUT2D eigenvalue weighted by Gasteiger charge is -2.18. The molecule has 0 heterocycles. The molecule has 0 amide bonds. The van der Waals surface area contributed by atoms with Crippen LogP contribution in [0, 0.1) is 0 Å². The summed E-state index contributed by atoms with van der Waals surface area (Å²) < 4.78 is 17.0. The Kier molecular flexibility index (Phi) is 66.7. The Morgan fingerprint density at radius 1 is 0.253 bits per heavy atom. The number of esters is 3. The first-order chi connectivity index (χ1) is 41.0. The standard InChI is InChI=1S/C77H130O6/c1-4-7-10-13-16-19-22-25-28-30-32-34-35-36-37-38-39-40-41-43-44-46-49-52-55-58-61-64-67-70-76(79)82-73-74(72-81-75(78)69-66-63-60-57-54-51-48-27-24-21-18-15-12-9-6-3)83-77(80)71-68-65-62-59-56-53-50-47-45-42-33-31-29-26-23-20-17-14-11-8-5-2/h7,10,16,19,23,25-28,31-34,36-37,39-40,45,47-48,74H,4-6,8-9,11-15,17-18,20-22,24,29-30,35,38,41-44,46,49-73H2,1-3H3/b10-7-,19-16-,26-23-,28-25-,33-31-,34-32-,37-36-,40-39-,47-45-,48-27-. The van der Waals surface area contributed by atoms with E-state index in [4.69, 9.17) is 14.2 Å². The molecule has 1 atom stereocenters. The Morgan fingerprint density at radius 2 is 0.470 bits per heavy atom. The van der Waals surface area contributed by atoms with Gasteiger partial charge in [0.05, 0.1) is 0 Å². The van der Waals surface area contributed by atoms with Crippen LogP contribution in [0.15, 0.2) is 122 Å². The normalized spacial score (nSPS) is 12.9. The number of carbonyl (C=O) groups is 3. The molecule has 0 radical (unpaired) electrons. The van der Waals surface area contributed by atoms with Gasteiger partial charge in [0.15, 0.2) is 6.10 Å². The summed E-state index contributed by atoms with van der Waals surface area (Å²) in [5.41, 5.74) is 0. The Bertz CT molecular complexity index is 1700. The second-order valence-electron chi connectivity index (χ2n) is 23.1. The summed E-state index contributed by atoms with van der Waals surface area (Å²) in [6.07, 6.45) is 97.8. The van der Waals surface area contributed by atoms with Crippen LogP contribution in [-0.4, -0.2) is 37.2 Å². The summed E-state index contributed by atoms with van der Waals surface area (Å²) in [6.45, 7) is 6.52. The highest BCUT2D eigenvalue weighted by Crippen LogP contribution is 2.16. The number of unbranched alkanes of at least 4 members (excludes halogenated alkanes) is 32. The van der Waals surface area contributed by atoms with E-state index in [1.54, 1.807) is 0 Å². The van der Waals surface area contributed by atoms with E-state index in [1.165, 1.54) is 161 Å². The van der Waals surface area contributed by atoms with Crippen LogP contribution < -0.4 is 0 Å². The number of carbonyl (C=O) groups excluding carboxylic acids is 3. The zero-order chi connectivity index (χ0) is 59.9. The predicted octanol–water partition coefficient (Wildman–Crippen LogP) is 24.3. The first-order valence-corrected chi connectivity index (χ1v) is 35.0. The van der Waals surface area contributed by atoms with Crippen molar-refractivity contribution < 1.29 is 28.6 Å². The molecule has 0 N–H and O–H groups in total. The molecule has 0 saturated carbocycles. The van der Waals surface area contributed by atoms with Crippen molar-refractivity contribution in [3.05, 3.63) is 122 Å². The minimum Gasteiger partial charge on any atom is -0.462 e. The molecule has 6 heteroatoms. The minimum absolute atomic E-state index is 0.0893. The second kappa shape index (κ2) is 70.3. The number of hydrogen-bond donors (Lipinski definition) is 0. The molecule has 0 spiro atoms. The average Bonchev–Trinajstić information content (AvgIpc) is 3.49. The van der Waals surface area contributed by atoms with Gasteiger partial charge in [-0.05, 0) is 135 Å². The summed E-state index contributed by atoms with van der Waals surface area (Å²) in [5.74, 6) is -0.904. The monoisotopic (exact) mass is 1150 g/mol. The van der Waals surface area contributed by atoms with E-state index in [0.29, 0.717) is 19.3 Å². The lowest BCUT2D eigenvalue weighted by Crippen LogP contribution is -2.30. The third-order valence-corrected chi connectivity index (χ3v) is 14.9. The third-order valence-electron chi connectivity index (χ3n) is 14.9. The van der Waals surface area contributed by atoms with Gasteiger partial charge in [-0.15, -0.1) is 0 Å². The van der Waals surface area contributed by atoms with E-state index in [-0.39, 0.29) is 31.1 Å². The maximum absolute atomic E-state index is 13.0. The van der Waals surface area contributed by atoms with Gasteiger partial charge in [-0.2, -0.15) is 0 Å². The van der Waals surface area contributed by atoms with Gasteiger partial charge in [-0.3, -0.25) is 14.4 Å². The molecule has 0 saturated heterocycles. The summed E-state index contributed by atoms with van der Waals surface area (Å²) in [4.78, 5) is 38.4. The third kappa shape index (κ3) is 68.5. The molecule has 0 aromatic rings. The van der Waals surface area contributed by atoms with Gasteiger partial charge in [0, 0.05) is 19.3 Å². The van der Waals surface area contributed by atoms with Crippen LogP contribution in [0.4, 0.5) is 0 Å². The lowest BCUT2D eigenvalue weighted by atomic mass is 10.1. The molecule has 6 nitrogen and oxygen atoms in total. The molecular weight excluding hydrogens is 1020 g/mol. The number of rotatable bonds is 63. The largest absolute Gasteiger partial charge is 0.462 e. The fraction of sp³-hybridized carbons (Fsp3) is 0.701. The molecule has 0 fully saturated rings. The summed E-state index contributed by atoms with van der Waals surface area (Å²) in [6, 6.07) is 0. The molecule has 0 aromatic carbocycles. The Labute approximate surface area is 513 Å². The molecule has 0 aliphatic heterocycles. The quantitative estimate of drug-likeness (QED) is 0.0261. The van der Waals surface area contributed by atoms with Crippen LogP contribution in [-0.2, 0) is 28.6 Å². The molecule has 0 bridgehead atoms. The van der Waals surface area contributed by atoms with Crippen molar-refractivity contribution in [1.82, 2.24) is 0 Å². The van der Waals surface area contributed by atoms with Crippen molar-refractivity contribution in [2.75, 3.05) is 13.2 Å². The summed E-state index contributed by atoms with van der Waals surface area (Å²) in [7, 11) is 0. The van der Waals surface area contributed by atoms with Crippen molar-refractivity contribution in [3.63, 3.8) is 0 Å². The van der Waals surface area contributed by atoms with Crippen molar-refractivity contribution in [2.24, 2.45) is 0 Å². The van der Waals surface area contributed by atoms with E-state index >= 15 is 0 Å². The Hall–Kier alpha value is -4.19. The van der Waals surface area contributed by atoms with Gasteiger partial charge in [-0.1, -0.05) is 296 Å². The molecule has 0 aliphatic rings. The number of allylic oxidation sites excluding steroid dienone is 20. The van der Waals surface area contributed by atoms with Crippen LogP contribution in [0.5, 0.6) is 0 Å².